The van der Waals surface area contributed by atoms with E-state index in [1.807, 2.05) is 0 Å². The van der Waals surface area contributed by atoms with Crippen LogP contribution in [0.2, 0.25) is 5.02 Å². The van der Waals surface area contributed by atoms with Crippen molar-refractivity contribution in [3.63, 3.8) is 0 Å². The van der Waals surface area contributed by atoms with Crippen LogP contribution in [0.25, 0.3) is 0 Å². The number of benzene rings is 1. The van der Waals surface area contributed by atoms with Crippen LogP contribution in [-0.4, -0.2) is 23.3 Å². The van der Waals surface area contributed by atoms with E-state index >= 15 is 0 Å². The van der Waals surface area contributed by atoms with E-state index in [0.29, 0.717) is 25.2 Å². The Labute approximate surface area is 155 Å². The number of pyridine rings is 1. The maximum atomic E-state index is 12.5. The number of ether oxygens (including phenoxy) is 2. The summed E-state index contributed by atoms with van der Waals surface area (Å²) < 4.78 is 48.6. The van der Waals surface area contributed by atoms with E-state index in [1.54, 1.807) is 6.07 Å². The lowest BCUT2D eigenvalue weighted by molar-refractivity contribution is -0.137. The maximum Gasteiger partial charge on any atom is 0.417 e. The number of phenolic OH excluding ortho intramolecular Hbond substituents is 1. The van der Waals surface area contributed by atoms with Gasteiger partial charge in [-0.15, -0.1) is 0 Å². The fourth-order valence-corrected chi connectivity index (χ4v) is 2.46. The number of hydrogen-bond donors (Lipinski definition) is 1. The summed E-state index contributed by atoms with van der Waals surface area (Å²) >= 11 is 8.79. The van der Waals surface area contributed by atoms with Crippen LogP contribution in [0.1, 0.15) is 18.4 Å². The topological polar surface area (TPSA) is 51.6 Å². The fourth-order valence-electron chi connectivity index (χ4n) is 1.83. The van der Waals surface area contributed by atoms with Gasteiger partial charge in [0.2, 0.25) is 5.88 Å². The zero-order chi connectivity index (χ0) is 18.4. The Morgan fingerprint density at radius 2 is 1.80 bits per heavy atom. The molecule has 136 valence electrons. The fraction of sp³-hybridized carbons (Fsp3) is 0.312. The van der Waals surface area contributed by atoms with Crippen molar-refractivity contribution in [2.75, 3.05) is 13.2 Å². The third-order valence-electron chi connectivity index (χ3n) is 3.10. The number of rotatable bonds is 7. The molecule has 0 aliphatic carbocycles. The lowest BCUT2D eigenvalue weighted by atomic mass is 10.3. The molecule has 2 aromatic rings. The highest BCUT2D eigenvalue weighted by molar-refractivity contribution is 9.10. The van der Waals surface area contributed by atoms with Gasteiger partial charge in [-0.05, 0) is 47.0 Å². The summed E-state index contributed by atoms with van der Waals surface area (Å²) in [6, 6.07) is 5.48. The number of phenols is 1. The van der Waals surface area contributed by atoms with Gasteiger partial charge in [0.05, 0.1) is 28.3 Å². The summed E-state index contributed by atoms with van der Waals surface area (Å²) in [6.07, 6.45) is -2.42. The van der Waals surface area contributed by atoms with Crippen molar-refractivity contribution in [3.05, 3.63) is 45.5 Å². The van der Waals surface area contributed by atoms with Crippen LogP contribution < -0.4 is 9.47 Å². The first-order chi connectivity index (χ1) is 11.8. The van der Waals surface area contributed by atoms with Gasteiger partial charge < -0.3 is 14.6 Å². The molecule has 0 saturated carbocycles. The number of unbranched alkanes of at least 4 members (excludes halogenated alkanes) is 1. The second kappa shape index (κ2) is 8.62. The predicted molar refractivity (Wildman–Crippen MR) is 90.3 cm³/mol. The van der Waals surface area contributed by atoms with E-state index in [0.717, 1.165) is 12.3 Å². The second-order valence-electron chi connectivity index (χ2n) is 5.03. The molecule has 0 amide bonds. The molecule has 0 radical (unpaired) electrons. The lowest BCUT2D eigenvalue weighted by Crippen LogP contribution is -2.07. The monoisotopic (exact) mass is 439 g/mol. The zero-order valence-electron chi connectivity index (χ0n) is 12.8. The highest BCUT2D eigenvalue weighted by Crippen LogP contribution is 2.33. The van der Waals surface area contributed by atoms with Crippen LogP contribution >= 0.6 is 27.5 Å². The van der Waals surface area contributed by atoms with Gasteiger partial charge in [0, 0.05) is 12.3 Å². The van der Waals surface area contributed by atoms with Gasteiger partial charge in [-0.1, -0.05) is 11.6 Å². The minimum atomic E-state index is -4.44. The standard InChI is InChI=1S/C16H14BrClF3NO3/c17-12-7-10(16(19,20)21)9-22-15(12)25-6-2-1-5-24-11-3-4-14(23)13(18)8-11/h3-4,7-9,23H,1-2,5-6H2. The molecule has 0 unspecified atom stereocenters. The van der Waals surface area contributed by atoms with Gasteiger partial charge >= 0.3 is 6.18 Å². The molecule has 0 fully saturated rings. The largest absolute Gasteiger partial charge is 0.506 e. The molecular weight excluding hydrogens is 427 g/mol. The number of aromatic hydroxyl groups is 1. The van der Waals surface area contributed by atoms with E-state index in [2.05, 4.69) is 20.9 Å². The maximum absolute atomic E-state index is 12.5. The van der Waals surface area contributed by atoms with Crippen molar-refractivity contribution in [2.24, 2.45) is 0 Å². The molecule has 0 atom stereocenters. The molecule has 0 bridgehead atoms. The molecule has 0 aliphatic rings. The van der Waals surface area contributed by atoms with E-state index in [9.17, 15) is 18.3 Å². The highest BCUT2D eigenvalue weighted by Gasteiger charge is 2.31. The Bertz CT molecular complexity index is 728. The van der Waals surface area contributed by atoms with E-state index < -0.39 is 11.7 Å². The Morgan fingerprint density at radius 3 is 2.40 bits per heavy atom. The number of alkyl halides is 3. The minimum absolute atomic E-state index is 0.0166. The van der Waals surface area contributed by atoms with Crippen molar-refractivity contribution >= 4 is 27.5 Å². The first-order valence-electron chi connectivity index (χ1n) is 7.24. The van der Waals surface area contributed by atoms with E-state index in [-0.39, 0.29) is 27.7 Å². The van der Waals surface area contributed by atoms with Crippen molar-refractivity contribution in [3.8, 4) is 17.4 Å². The van der Waals surface area contributed by atoms with Crippen molar-refractivity contribution in [1.29, 1.82) is 0 Å². The van der Waals surface area contributed by atoms with Crippen molar-refractivity contribution in [2.45, 2.75) is 19.0 Å². The summed E-state index contributed by atoms with van der Waals surface area (Å²) in [5.74, 6) is 0.632. The average molecular weight is 441 g/mol. The summed E-state index contributed by atoms with van der Waals surface area (Å²) in [7, 11) is 0. The average Bonchev–Trinajstić information content (AvgIpc) is 2.54. The molecule has 9 heteroatoms. The molecule has 1 N–H and O–H groups in total. The second-order valence-corrected chi connectivity index (χ2v) is 6.29. The summed E-state index contributed by atoms with van der Waals surface area (Å²) in [6.45, 7) is 0.697. The molecule has 0 spiro atoms. The zero-order valence-corrected chi connectivity index (χ0v) is 15.2. The predicted octanol–water partition coefficient (Wildman–Crippen LogP) is 5.46. The van der Waals surface area contributed by atoms with Gasteiger partial charge in [-0.2, -0.15) is 13.2 Å². The molecule has 1 heterocycles. The molecule has 0 aliphatic heterocycles. The number of aromatic nitrogens is 1. The van der Waals surface area contributed by atoms with Crippen LogP contribution in [0.15, 0.2) is 34.9 Å². The molecule has 1 aromatic heterocycles. The highest BCUT2D eigenvalue weighted by atomic mass is 79.9. The number of hydrogen-bond acceptors (Lipinski definition) is 4. The SMILES string of the molecule is Oc1ccc(OCCCCOc2ncc(C(F)(F)F)cc2Br)cc1Cl. The summed E-state index contributed by atoms with van der Waals surface area (Å²) in [4.78, 5) is 3.67. The Hall–Kier alpha value is -1.67. The van der Waals surface area contributed by atoms with Crippen LogP contribution in [0, 0.1) is 0 Å². The first kappa shape index (κ1) is 19.7. The smallest absolute Gasteiger partial charge is 0.417 e. The Kier molecular flexibility index (Phi) is 6.78. The molecule has 1 aromatic carbocycles. The van der Waals surface area contributed by atoms with Gasteiger partial charge in [0.15, 0.2) is 0 Å². The Morgan fingerprint density at radius 1 is 1.12 bits per heavy atom. The van der Waals surface area contributed by atoms with Crippen molar-refractivity contribution < 1.29 is 27.8 Å². The third-order valence-corrected chi connectivity index (χ3v) is 3.97. The molecule has 0 saturated heterocycles. The van der Waals surface area contributed by atoms with Gasteiger partial charge in [0.25, 0.3) is 0 Å². The van der Waals surface area contributed by atoms with Gasteiger partial charge in [-0.25, -0.2) is 4.98 Å². The van der Waals surface area contributed by atoms with E-state index in [4.69, 9.17) is 21.1 Å². The van der Waals surface area contributed by atoms with E-state index in [1.165, 1.54) is 12.1 Å². The molecular formula is C16H14BrClF3NO3. The molecule has 4 nitrogen and oxygen atoms in total. The third kappa shape index (κ3) is 5.97. The minimum Gasteiger partial charge on any atom is -0.506 e. The van der Waals surface area contributed by atoms with Crippen molar-refractivity contribution in [1.82, 2.24) is 4.98 Å². The van der Waals surface area contributed by atoms with Crippen LogP contribution in [0.5, 0.6) is 17.4 Å². The van der Waals surface area contributed by atoms with Gasteiger partial charge in [0.1, 0.15) is 11.5 Å². The number of nitrogens with zero attached hydrogens (tertiary/aromatic N) is 1. The molecule has 25 heavy (non-hydrogen) atoms. The lowest BCUT2D eigenvalue weighted by Gasteiger charge is -2.11. The van der Waals surface area contributed by atoms with Crippen LogP contribution in [0.3, 0.4) is 0 Å². The van der Waals surface area contributed by atoms with Crippen LogP contribution in [-0.2, 0) is 6.18 Å². The summed E-state index contributed by atoms with van der Waals surface area (Å²) in [5.41, 5.74) is -0.840. The normalized spacial score (nSPS) is 11.4. The van der Waals surface area contributed by atoms with Crippen LogP contribution in [0.4, 0.5) is 13.2 Å². The summed E-state index contributed by atoms with van der Waals surface area (Å²) in [5, 5.41) is 9.51. The van der Waals surface area contributed by atoms with Gasteiger partial charge in [-0.3, -0.25) is 0 Å². The first-order valence-corrected chi connectivity index (χ1v) is 8.41. The molecule has 2 rings (SSSR count). The quantitative estimate of drug-likeness (QED) is 0.581. The number of halogens is 5. The Balaban J connectivity index is 1.71.